The number of unbranched alkanes of at least 4 members (excludes halogenated alkanes) is 1. The predicted octanol–water partition coefficient (Wildman–Crippen LogP) is 2.95. The second-order valence-corrected chi connectivity index (χ2v) is 6.97. The lowest BCUT2D eigenvalue weighted by Gasteiger charge is -2.36. The molecule has 0 aromatic rings. The minimum absolute atomic E-state index is 0.0807. The van der Waals surface area contributed by atoms with Gasteiger partial charge in [0.2, 0.25) is 5.91 Å². The topological polar surface area (TPSA) is 41.1 Å². The summed E-state index contributed by atoms with van der Waals surface area (Å²) in [6.45, 7) is 5.86. The Morgan fingerprint density at radius 1 is 1.32 bits per heavy atom. The Morgan fingerprint density at radius 2 is 2.00 bits per heavy atom. The third-order valence-corrected chi connectivity index (χ3v) is 5.57. The number of hydrogen-bond acceptors (Lipinski definition) is 3. The van der Waals surface area contributed by atoms with E-state index in [1.54, 1.807) is 0 Å². The molecule has 1 amide bonds. The summed E-state index contributed by atoms with van der Waals surface area (Å²) in [5, 5.41) is 6.43. The molecule has 1 atom stereocenters. The number of rotatable bonds is 8. The molecule has 0 radical (unpaired) electrons. The van der Waals surface area contributed by atoms with Gasteiger partial charge in [-0.25, -0.2) is 0 Å². The third kappa shape index (κ3) is 5.74. The summed E-state index contributed by atoms with van der Waals surface area (Å²) in [4.78, 5) is 11.9. The van der Waals surface area contributed by atoms with Crippen molar-refractivity contribution in [1.29, 1.82) is 0 Å². The number of thioether (sulfide) groups is 1. The van der Waals surface area contributed by atoms with Gasteiger partial charge in [0.15, 0.2) is 0 Å². The molecule has 1 rings (SSSR count). The molecule has 112 valence electrons. The highest BCUT2D eigenvalue weighted by Gasteiger charge is 2.31. The van der Waals surface area contributed by atoms with Crippen molar-refractivity contribution in [3.63, 3.8) is 0 Å². The minimum atomic E-state index is -0.0807. The van der Waals surface area contributed by atoms with Crippen molar-refractivity contribution in [1.82, 2.24) is 10.6 Å². The normalized spacial score (nSPS) is 19.9. The summed E-state index contributed by atoms with van der Waals surface area (Å²) in [6, 6.07) is -0.0807. The van der Waals surface area contributed by atoms with Crippen LogP contribution in [0.5, 0.6) is 0 Å². The molecule has 3 nitrogen and oxygen atoms in total. The van der Waals surface area contributed by atoms with E-state index in [4.69, 9.17) is 0 Å². The van der Waals surface area contributed by atoms with Crippen molar-refractivity contribution in [3.05, 3.63) is 0 Å². The van der Waals surface area contributed by atoms with Crippen LogP contribution in [0.25, 0.3) is 0 Å². The predicted molar refractivity (Wildman–Crippen MR) is 84.7 cm³/mol. The van der Waals surface area contributed by atoms with E-state index in [9.17, 15) is 4.79 Å². The molecule has 1 saturated carbocycles. The monoisotopic (exact) mass is 286 g/mol. The van der Waals surface area contributed by atoms with Crippen LogP contribution in [0.3, 0.4) is 0 Å². The lowest BCUT2D eigenvalue weighted by atomic mass is 9.88. The molecule has 0 aromatic carbocycles. The fourth-order valence-electron chi connectivity index (χ4n) is 2.62. The Morgan fingerprint density at radius 3 is 2.58 bits per heavy atom. The van der Waals surface area contributed by atoms with Gasteiger partial charge in [0, 0.05) is 17.8 Å². The first-order valence-corrected chi connectivity index (χ1v) is 8.92. The van der Waals surface area contributed by atoms with Gasteiger partial charge in [-0.1, -0.05) is 32.6 Å². The molecular formula is C15H30N2OS. The van der Waals surface area contributed by atoms with Gasteiger partial charge in [0.25, 0.3) is 0 Å². The maximum atomic E-state index is 11.9. The average Bonchev–Trinajstić information content (AvgIpc) is 2.46. The van der Waals surface area contributed by atoms with Gasteiger partial charge in [-0.3, -0.25) is 4.79 Å². The van der Waals surface area contributed by atoms with Gasteiger partial charge in [0.1, 0.15) is 0 Å². The Balaban J connectivity index is 2.30. The van der Waals surface area contributed by atoms with Crippen LogP contribution in [-0.4, -0.2) is 36.0 Å². The Kier molecular flexibility index (Phi) is 7.84. The minimum Gasteiger partial charge on any atom is -0.355 e. The van der Waals surface area contributed by atoms with E-state index >= 15 is 0 Å². The van der Waals surface area contributed by atoms with Crippen LogP contribution < -0.4 is 10.6 Å². The van der Waals surface area contributed by atoms with E-state index in [1.807, 2.05) is 18.7 Å². The molecule has 0 spiro atoms. The van der Waals surface area contributed by atoms with Crippen LogP contribution in [0, 0.1) is 0 Å². The summed E-state index contributed by atoms with van der Waals surface area (Å²) in [7, 11) is 0. The number of hydrogen-bond donors (Lipinski definition) is 2. The fourth-order valence-corrected chi connectivity index (χ4v) is 3.55. The van der Waals surface area contributed by atoms with E-state index < -0.39 is 0 Å². The number of carbonyl (C=O) groups excluding carboxylic acids is 1. The summed E-state index contributed by atoms with van der Waals surface area (Å²) < 4.78 is 0.357. The van der Waals surface area contributed by atoms with Crippen LogP contribution in [0.15, 0.2) is 0 Å². The van der Waals surface area contributed by atoms with Crippen LogP contribution in [0.2, 0.25) is 0 Å². The molecule has 4 heteroatoms. The third-order valence-electron chi connectivity index (χ3n) is 4.15. The first-order chi connectivity index (χ1) is 9.13. The molecule has 0 heterocycles. The largest absolute Gasteiger partial charge is 0.355 e. The van der Waals surface area contributed by atoms with Gasteiger partial charge < -0.3 is 10.6 Å². The van der Waals surface area contributed by atoms with Crippen molar-refractivity contribution >= 4 is 17.7 Å². The highest BCUT2D eigenvalue weighted by atomic mass is 32.2. The Hall–Kier alpha value is -0.220. The smallest absolute Gasteiger partial charge is 0.236 e. The second-order valence-electron chi connectivity index (χ2n) is 5.69. The van der Waals surface area contributed by atoms with Crippen molar-refractivity contribution in [3.8, 4) is 0 Å². The lowest BCUT2D eigenvalue weighted by molar-refractivity contribution is -0.122. The first kappa shape index (κ1) is 16.8. The molecule has 2 N–H and O–H groups in total. The fraction of sp³-hybridized carbons (Fsp3) is 0.933. The maximum absolute atomic E-state index is 11.9. The number of amides is 1. The van der Waals surface area contributed by atoms with Gasteiger partial charge >= 0.3 is 0 Å². The van der Waals surface area contributed by atoms with Gasteiger partial charge in [-0.15, -0.1) is 0 Å². The zero-order chi connectivity index (χ0) is 14.1. The molecule has 1 aliphatic rings. The van der Waals surface area contributed by atoms with E-state index in [1.165, 1.54) is 32.1 Å². The van der Waals surface area contributed by atoms with E-state index in [0.29, 0.717) is 4.75 Å². The molecule has 1 unspecified atom stereocenters. The quantitative estimate of drug-likeness (QED) is 0.674. The van der Waals surface area contributed by atoms with Gasteiger partial charge in [-0.05, 0) is 32.4 Å². The highest BCUT2D eigenvalue weighted by molar-refractivity contribution is 8.00. The van der Waals surface area contributed by atoms with Crippen molar-refractivity contribution in [2.24, 2.45) is 0 Å². The Labute approximate surface area is 122 Å². The van der Waals surface area contributed by atoms with E-state index in [0.717, 1.165) is 25.9 Å². The zero-order valence-electron chi connectivity index (χ0n) is 12.8. The zero-order valence-corrected chi connectivity index (χ0v) is 13.6. The number of nitrogens with one attached hydrogen (secondary N) is 2. The number of carbonyl (C=O) groups is 1. The van der Waals surface area contributed by atoms with E-state index in [2.05, 4.69) is 23.8 Å². The van der Waals surface area contributed by atoms with Gasteiger partial charge in [0.05, 0.1) is 6.04 Å². The summed E-state index contributed by atoms with van der Waals surface area (Å²) in [6.07, 6.45) is 11.0. The summed E-state index contributed by atoms with van der Waals surface area (Å²) in [5.41, 5.74) is 0. The van der Waals surface area contributed by atoms with Crippen LogP contribution in [-0.2, 0) is 4.79 Å². The molecule has 19 heavy (non-hydrogen) atoms. The average molecular weight is 286 g/mol. The lowest BCUT2D eigenvalue weighted by Crippen LogP contribution is -2.48. The van der Waals surface area contributed by atoms with Crippen LogP contribution in [0.4, 0.5) is 0 Å². The van der Waals surface area contributed by atoms with Gasteiger partial charge in [-0.2, -0.15) is 11.8 Å². The molecule has 0 aromatic heterocycles. The van der Waals surface area contributed by atoms with Crippen LogP contribution >= 0.6 is 11.8 Å². The van der Waals surface area contributed by atoms with Crippen molar-refractivity contribution < 1.29 is 4.79 Å². The molecule has 1 aliphatic carbocycles. The SMILES string of the molecule is CCCCNC(=O)C(C)NCC1(SC)CCCCC1. The molecular weight excluding hydrogens is 256 g/mol. The van der Waals surface area contributed by atoms with E-state index in [-0.39, 0.29) is 11.9 Å². The standard InChI is InChI=1S/C15H30N2OS/c1-4-5-11-16-14(18)13(2)17-12-15(19-3)9-7-6-8-10-15/h13,17H,4-12H2,1-3H3,(H,16,18). The van der Waals surface area contributed by atoms with Crippen LogP contribution in [0.1, 0.15) is 58.8 Å². The molecule has 0 aliphatic heterocycles. The highest BCUT2D eigenvalue weighted by Crippen LogP contribution is 2.37. The molecule has 0 bridgehead atoms. The first-order valence-electron chi connectivity index (χ1n) is 7.70. The second kappa shape index (κ2) is 8.85. The van der Waals surface area contributed by atoms with Crippen molar-refractivity contribution in [2.45, 2.75) is 69.6 Å². The van der Waals surface area contributed by atoms with Crippen molar-refractivity contribution in [2.75, 3.05) is 19.3 Å². The summed E-state index contributed by atoms with van der Waals surface area (Å²) >= 11 is 1.97. The molecule has 1 fully saturated rings. The molecule has 0 saturated heterocycles. The maximum Gasteiger partial charge on any atom is 0.236 e. The summed E-state index contributed by atoms with van der Waals surface area (Å²) in [5.74, 6) is 0.139. The Bertz CT molecular complexity index is 265.